The quantitative estimate of drug-likeness (QED) is 0.487. The zero-order valence-electron chi connectivity index (χ0n) is 16.2. The van der Waals surface area contributed by atoms with E-state index in [1.165, 1.54) is 29.3 Å². The van der Waals surface area contributed by atoms with Gasteiger partial charge in [0.15, 0.2) is 0 Å². The number of nitrogens with zero attached hydrogens (tertiary/aromatic N) is 1. The first-order chi connectivity index (χ1) is 13.0. The van der Waals surface area contributed by atoms with Gasteiger partial charge in [-0.2, -0.15) is 0 Å². The predicted octanol–water partition coefficient (Wildman–Crippen LogP) is 2.71. The number of hydrogen-bond acceptors (Lipinski definition) is 3. The number of ether oxygens (including phenoxy) is 1. The number of aliphatic hydroxyl groups is 1. The molecule has 6 rings (SSSR count). The molecule has 3 saturated heterocycles. The molecule has 2 aromatic rings. The van der Waals surface area contributed by atoms with E-state index in [4.69, 9.17) is 4.74 Å². The zero-order valence-corrected chi connectivity index (χ0v) is 16.2. The minimum atomic E-state index is -0.865. The second-order valence-corrected chi connectivity index (χ2v) is 8.65. The fraction of sp³-hybridized carbons (Fsp3) is 0.500. The van der Waals surface area contributed by atoms with Crippen molar-refractivity contribution in [1.82, 2.24) is 4.98 Å². The molecule has 27 heavy (non-hydrogen) atoms. The van der Waals surface area contributed by atoms with E-state index in [2.05, 4.69) is 42.4 Å². The van der Waals surface area contributed by atoms with Crippen molar-refractivity contribution in [2.45, 2.75) is 31.8 Å². The highest BCUT2D eigenvalue weighted by atomic mass is 16.5. The van der Waals surface area contributed by atoms with Crippen LogP contribution in [0, 0.1) is 11.3 Å². The summed E-state index contributed by atoms with van der Waals surface area (Å²) in [7, 11) is 3.71. The number of esters is 1. The van der Waals surface area contributed by atoms with Crippen LogP contribution >= 0.6 is 0 Å². The third-order valence-electron chi connectivity index (χ3n) is 7.85. The van der Waals surface area contributed by atoms with E-state index in [9.17, 15) is 9.90 Å². The Kier molecular flexibility index (Phi) is 3.44. The SMILES string of the molecule is C/C=C1/C[N+]2(C)[C@H]3C[C@@H]1[C@@](CO)(C(=O)OC)[C@@H]2Cc1c3[nH]c2ccccc12. The minimum Gasteiger partial charge on any atom is -0.468 e. The van der Waals surface area contributed by atoms with Crippen molar-refractivity contribution < 1.29 is 19.1 Å². The highest BCUT2D eigenvalue weighted by Crippen LogP contribution is 2.62. The fourth-order valence-corrected chi connectivity index (χ4v) is 6.62. The van der Waals surface area contributed by atoms with E-state index in [-0.39, 0.29) is 24.5 Å². The number of fused-ring (bicyclic) bond motifs is 4. The molecule has 1 aromatic heterocycles. The largest absolute Gasteiger partial charge is 0.468 e. The molecule has 4 bridgehead atoms. The number of aromatic amines is 1. The van der Waals surface area contributed by atoms with Crippen molar-refractivity contribution in [3.05, 3.63) is 47.2 Å². The molecular weight excluding hydrogens is 340 g/mol. The summed E-state index contributed by atoms with van der Waals surface area (Å²) in [5, 5.41) is 11.8. The Balaban J connectivity index is 1.78. The lowest BCUT2D eigenvalue weighted by Gasteiger charge is -2.66. The number of hydrogen-bond donors (Lipinski definition) is 2. The predicted molar refractivity (Wildman–Crippen MR) is 103 cm³/mol. The van der Waals surface area contributed by atoms with Gasteiger partial charge in [-0.05, 0) is 24.1 Å². The van der Waals surface area contributed by atoms with Gasteiger partial charge in [-0.1, -0.05) is 24.3 Å². The lowest BCUT2D eigenvalue weighted by Crippen LogP contribution is -2.76. The summed E-state index contributed by atoms with van der Waals surface area (Å²) in [5.41, 5.74) is 4.23. The maximum atomic E-state index is 13.1. The Morgan fingerprint density at radius 3 is 2.93 bits per heavy atom. The van der Waals surface area contributed by atoms with Crippen LogP contribution < -0.4 is 0 Å². The molecule has 0 radical (unpaired) electrons. The van der Waals surface area contributed by atoms with E-state index >= 15 is 0 Å². The molecule has 142 valence electrons. The Morgan fingerprint density at radius 1 is 1.44 bits per heavy atom. The van der Waals surface area contributed by atoms with Gasteiger partial charge in [-0.3, -0.25) is 4.79 Å². The van der Waals surface area contributed by atoms with E-state index in [0.717, 1.165) is 29.4 Å². The lowest BCUT2D eigenvalue weighted by atomic mass is 9.54. The summed E-state index contributed by atoms with van der Waals surface area (Å²) in [6.45, 7) is 2.82. The number of piperidine rings is 3. The van der Waals surface area contributed by atoms with Crippen molar-refractivity contribution in [3.63, 3.8) is 0 Å². The number of nitrogens with one attached hydrogen (secondary N) is 1. The fourth-order valence-electron chi connectivity index (χ4n) is 6.62. The number of allylic oxidation sites excluding steroid dienone is 1. The molecule has 1 unspecified atom stereocenters. The molecule has 0 aliphatic carbocycles. The van der Waals surface area contributed by atoms with E-state index in [0.29, 0.717) is 6.04 Å². The lowest BCUT2D eigenvalue weighted by molar-refractivity contribution is -0.981. The second kappa shape index (κ2) is 5.46. The van der Waals surface area contributed by atoms with Gasteiger partial charge in [0.1, 0.15) is 24.0 Å². The van der Waals surface area contributed by atoms with E-state index < -0.39 is 5.41 Å². The molecule has 5 heterocycles. The minimum absolute atomic E-state index is 0.0223. The number of rotatable bonds is 2. The zero-order chi connectivity index (χ0) is 19.0. The van der Waals surface area contributed by atoms with Crippen molar-refractivity contribution in [2.75, 3.05) is 27.3 Å². The number of aromatic nitrogens is 1. The summed E-state index contributed by atoms with van der Waals surface area (Å²) < 4.78 is 6.05. The average Bonchev–Trinajstić information content (AvgIpc) is 3.05. The van der Waals surface area contributed by atoms with Crippen LogP contribution in [0.5, 0.6) is 0 Å². The van der Waals surface area contributed by atoms with Crippen LogP contribution in [0.4, 0.5) is 0 Å². The maximum absolute atomic E-state index is 13.1. The van der Waals surface area contributed by atoms with Gasteiger partial charge in [-0.15, -0.1) is 0 Å². The van der Waals surface area contributed by atoms with Gasteiger partial charge < -0.3 is 19.3 Å². The molecule has 2 N–H and O–H groups in total. The van der Waals surface area contributed by atoms with Gasteiger partial charge in [0.2, 0.25) is 0 Å². The number of likely N-dealkylation sites (N-methyl/N-ethyl adjacent to an activating group) is 1. The molecular formula is C22H27N2O3+. The summed E-state index contributed by atoms with van der Waals surface area (Å²) in [6.07, 6.45) is 3.80. The molecule has 5 nitrogen and oxygen atoms in total. The topological polar surface area (TPSA) is 62.3 Å². The smallest absolute Gasteiger partial charge is 0.320 e. The van der Waals surface area contributed by atoms with E-state index in [1.54, 1.807) is 0 Å². The Morgan fingerprint density at radius 2 is 2.22 bits per heavy atom. The summed E-state index contributed by atoms with van der Waals surface area (Å²) in [4.78, 5) is 16.8. The Bertz CT molecular complexity index is 977. The standard InChI is InChI=1S/C22H27N2O3/c1-4-13-11-24(2)18-10-16(13)22(12-25,21(26)27-3)19(24)9-15-14-7-5-6-8-17(14)23-20(15)18/h4-8,16,18-19,23,25H,9-12H2,1-3H3/q+1/b13-4-/t16-,18-,19-,22+,24?/m0/s1. The van der Waals surface area contributed by atoms with E-state index in [1.807, 2.05) is 6.92 Å². The molecule has 0 amide bonds. The van der Waals surface area contributed by atoms with Crippen LogP contribution in [-0.4, -0.2) is 53.9 Å². The molecule has 0 saturated carbocycles. The van der Waals surface area contributed by atoms with Crippen LogP contribution in [-0.2, 0) is 16.0 Å². The molecule has 4 aliphatic heterocycles. The van der Waals surface area contributed by atoms with Crippen LogP contribution in [0.25, 0.3) is 10.9 Å². The van der Waals surface area contributed by atoms with Crippen molar-refractivity contribution in [2.24, 2.45) is 11.3 Å². The summed E-state index contributed by atoms with van der Waals surface area (Å²) in [5.74, 6) is -0.223. The highest BCUT2D eigenvalue weighted by molar-refractivity contribution is 5.86. The Labute approximate surface area is 159 Å². The summed E-state index contributed by atoms with van der Waals surface area (Å²) in [6, 6.07) is 8.76. The molecule has 4 aliphatic rings. The molecule has 3 fully saturated rings. The second-order valence-electron chi connectivity index (χ2n) is 8.65. The van der Waals surface area contributed by atoms with Gasteiger partial charge in [0, 0.05) is 29.7 Å². The number of H-pyrrole nitrogens is 1. The van der Waals surface area contributed by atoms with Gasteiger partial charge in [0.05, 0.1) is 26.5 Å². The Hall–Kier alpha value is -2.11. The normalized spacial score (nSPS) is 38.2. The number of aliphatic hydroxyl groups excluding tert-OH is 1. The first-order valence-corrected chi connectivity index (χ1v) is 9.80. The van der Waals surface area contributed by atoms with Crippen molar-refractivity contribution in [3.8, 4) is 0 Å². The number of benzene rings is 1. The van der Waals surface area contributed by atoms with Crippen LogP contribution in [0.1, 0.15) is 30.6 Å². The van der Waals surface area contributed by atoms with Crippen LogP contribution in [0.2, 0.25) is 0 Å². The molecule has 5 heteroatoms. The maximum Gasteiger partial charge on any atom is 0.320 e. The summed E-state index contributed by atoms with van der Waals surface area (Å²) >= 11 is 0. The third-order valence-corrected chi connectivity index (χ3v) is 7.85. The number of carbonyl (C=O) groups excluding carboxylic acids is 1. The van der Waals surface area contributed by atoms with Crippen molar-refractivity contribution in [1.29, 1.82) is 0 Å². The molecule has 1 aromatic carbocycles. The van der Waals surface area contributed by atoms with Crippen LogP contribution in [0.3, 0.4) is 0 Å². The first-order valence-electron chi connectivity index (χ1n) is 9.80. The number of quaternary nitrogens is 1. The number of methoxy groups -OCH3 is 1. The van der Waals surface area contributed by atoms with Gasteiger partial charge in [-0.25, -0.2) is 0 Å². The van der Waals surface area contributed by atoms with Crippen molar-refractivity contribution >= 4 is 16.9 Å². The monoisotopic (exact) mass is 367 g/mol. The average molecular weight is 367 g/mol. The number of carbonyl (C=O) groups is 1. The van der Waals surface area contributed by atoms with Crippen LogP contribution in [0.15, 0.2) is 35.9 Å². The third kappa shape index (κ3) is 1.84. The first kappa shape index (κ1) is 17.0. The highest BCUT2D eigenvalue weighted by Gasteiger charge is 2.71. The molecule has 0 spiro atoms. The van der Waals surface area contributed by atoms with Gasteiger partial charge in [0.25, 0.3) is 0 Å². The van der Waals surface area contributed by atoms with Gasteiger partial charge >= 0.3 is 5.97 Å². The molecule has 5 atom stereocenters. The number of para-hydroxylation sites is 1.